The number of nitrogens with one attached hydrogen (secondary N) is 3. The van der Waals surface area contributed by atoms with Gasteiger partial charge in [0, 0.05) is 40.4 Å². The van der Waals surface area contributed by atoms with Gasteiger partial charge in [-0.25, -0.2) is 9.97 Å². The Kier molecular flexibility index (Phi) is 9.49. The fourth-order valence-electron chi connectivity index (χ4n) is 2.14. The molecule has 2 heterocycles. The van der Waals surface area contributed by atoms with E-state index in [1.54, 1.807) is 24.4 Å². The zero-order chi connectivity index (χ0) is 18.8. The number of aromatic nitrogens is 4. The molecule has 0 bridgehead atoms. The molecule has 1 atom stereocenters. The predicted molar refractivity (Wildman–Crippen MR) is 117 cm³/mol. The van der Waals surface area contributed by atoms with Gasteiger partial charge in [0.1, 0.15) is 0 Å². The van der Waals surface area contributed by atoms with Crippen LogP contribution in [0.4, 0.5) is 0 Å². The van der Waals surface area contributed by atoms with Crippen molar-refractivity contribution in [2.75, 3.05) is 25.1 Å². The second kappa shape index (κ2) is 11.6. The summed E-state index contributed by atoms with van der Waals surface area (Å²) in [5.41, 5.74) is 4.60. The number of nitrogens with zero attached hydrogens (tertiary/aromatic N) is 3. The van der Waals surface area contributed by atoms with Crippen molar-refractivity contribution in [2.45, 2.75) is 37.5 Å². The van der Waals surface area contributed by atoms with E-state index in [4.69, 9.17) is 4.99 Å². The number of hydrogen-bond donors (Lipinski definition) is 3. The number of amidine groups is 1. The fraction of sp³-hybridized carbons (Fsp3) is 0.588. The molecule has 2 aromatic heterocycles. The van der Waals surface area contributed by atoms with Crippen LogP contribution < -0.4 is 5.32 Å². The van der Waals surface area contributed by atoms with Crippen molar-refractivity contribution < 1.29 is 0 Å². The first-order chi connectivity index (χ1) is 12.6. The predicted octanol–water partition coefficient (Wildman–Crippen LogP) is 3.61. The molecule has 144 valence electrons. The van der Waals surface area contributed by atoms with E-state index < -0.39 is 0 Å². The molecule has 0 aliphatic rings. The zero-order valence-electron chi connectivity index (χ0n) is 15.8. The second-order valence-electron chi connectivity index (χ2n) is 5.90. The lowest BCUT2D eigenvalue weighted by molar-refractivity contribution is 0.922. The van der Waals surface area contributed by atoms with Gasteiger partial charge in [-0.3, -0.25) is 4.99 Å². The van der Waals surface area contributed by atoms with Gasteiger partial charge in [0.2, 0.25) is 0 Å². The SMILES string of the molecule is CSC(=NCC(C)SCc1nc[nH]c1C)NCCSCc1nc[nH]c1C. The van der Waals surface area contributed by atoms with Gasteiger partial charge in [0.05, 0.1) is 30.6 Å². The minimum Gasteiger partial charge on any atom is -0.364 e. The average Bonchev–Trinajstić information content (AvgIpc) is 3.23. The summed E-state index contributed by atoms with van der Waals surface area (Å²) in [5, 5.41) is 4.92. The van der Waals surface area contributed by atoms with Crippen LogP contribution in [0.5, 0.6) is 0 Å². The van der Waals surface area contributed by atoms with Crippen LogP contribution in [-0.2, 0) is 11.5 Å². The first-order valence-corrected chi connectivity index (χ1v) is 12.0. The highest BCUT2D eigenvalue weighted by atomic mass is 32.2. The van der Waals surface area contributed by atoms with Crippen LogP contribution in [0.3, 0.4) is 0 Å². The van der Waals surface area contributed by atoms with Crippen molar-refractivity contribution >= 4 is 40.5 Å². The third kappa shape index (κ3) is 7.28. The van der Waals surface area contributed by atoms with Crippen molar-refractivity contribution in [3.8, 4) is 0 Å². The molecule has 0 aromatic carbocycles. The zero-order valence-corrected chi connectivity index (χ0v) is 18.3. The van der Waals surface area contributed by atoms with Gasteiger partial charge >= 0.3 is 0 Å². The average molecular weight is 413 g/mol. The van der Waals surface area contributed by atoms with Crippen molar-refractivity contribution in [3.63, 3.8) is 0 Å². The lowest BCUT2D eigenvalue weighted by Crippen LogP contribution is -2.24. The van der Waals surface area contributed by atoms with E-state index in [-0.39, 0.29) is 0 Å². The monoisotopic (exact) mass is 412 g/mol. The van der Waals surface area contributed by atoms with Gasteiger partial charge < -0.3 is 15.3 Å². The van der Waals surface area contributed by atoms with E-state index in [0.717, 1.165) is 58.3 Å². The Morgan fingerprint density at radius 3 is 2.38 bits per heavy atom. The number of rotatable bonds is 10. The lowest BCUT2D eigenvalue weighted by atomic mass is 10.4. The Labute approximate surface area is 168 Å². The third-order valence-electron chi connectivity index (χ3n) is 3.82. The normalized spacial score (nSPS) is 13.2. The molecular formula is C17H28N6S3. The third-order valence-corrected chi connectivity index (χ3v) is 6.61. The molecular weight excluding hydrogens is 384 g/mol. The summed E-state index contributed by atoms with van der Waals surface area (Å²) in [6.45, 7) is 8.08. The van der Waals surface area contributed by atoms with Gasteiger partial charge in [0.25, 0.3) is 0 Å². The van der Waals surface area contributed by atoms with Crippen LogP contribution in [0.2, 0.25) is 0 Å². The molecule has 9 heteroatoms. The molecule has 0 fully saturated rings. The van der Waals surface area contributed by atoms with Gasteiger partial charge in [-0.2, -0.15) is 23.5 Å². The summed E-state index contributed by atoms with van der Waals surface area (Å²) in [4.78, 5) is 19.6. The molecule has 6 nitrogen and oxygen atoms in total. The smallest absolute Gasteiger partial charge is 0.156 e. The van der Waals surface area contributed by atoms with Gasteiger partial charge in [-0.15, -0.1) is 0 Å². The van der Waals surface area contributed by atoms with Crippen LogP contribution in [0.15, 0.2) is 17.6 Å². The highest BCUT2D eigenvalue weighted by molar-refractivity contribution is 8.13. The Morgan fingerprint density at radius 1 is 1.15 bits per heavy atom. The van der Waals surface area contributed by atoms with Crippen LogP contribution in [-0.4, -0.2) is 55.5 Å². The van der Waals surface area contributed by atoms with E-state index >= 15 is 0 Å². The minimum atomic E-state index is 0.465. The maximum Gasteiger partial charge on any atom is 0.156 e. The second-order valence-corrected chi connectivity index (χ2v) is 9.23. The van der Waals surface area contributed by atoms with Crippen molar-refractivity contribution in [2.24, 2.45) is 4.99 Å². The van der Waals surface area contributed by atoms with Gasteiger partial charge in [-0.05, 0) is 20.1 Å². The maximum absolute atomic E-state index is 4.72. The highest BCUT2D eigenvalue weighted by Crippen LogP contribution is 2.18. The number of imidazole rings is 2. The topological polar surface area (TPSA) is 81.8 Å². The molecule has 0 radical (unpaired) electrons. The van der Waals surface area contributed by atoms with Crippen molar-refractivity contribution in [1.82, 2.24) is 25.3 Å². The fourth-order valence-corrected chi connectivity index (χ4v) is 4.38. The minimum absolute atomic E-state index is 0.465. The number of hydrogen-bond acceptors (Lipinski definition) is 6. The first-order valence-electron chi connectivity index (χ1n) is 8.59. The summed E-state index contributed by atoms with van der Waals surface area (Å²) in [6, 6.07) is 0. The molecule has 3 N–H and O–H groups in total. The maximum atomic E-state index is 4.72. The molecule has 26 heavy (non-hydrogen) atoms. The Bertz CT molecular complexity index is 682. The van der Waals surface area contributed by atoms with Crippen LogP contribution in [0.25, 0.3) is 0 Å². The molecule has 0 spiro atoms. The summed E-state index contributed by atoms with van der Waals surface area (Å²) in [5.74, 6) is 2.91. The summed E-state index contributed by atoms with van der Waals surface area (Å²) >= 11 is 5.45. The van der Waals surface area contributed by atoms with Gasteiger partial charge in [-0.1, -0.05) is 18.7 Å². The molecule has 0 aliphatic carbocycles. The summed E-state index contributed by atoms with van der Waals surface area (Å²) in [7, 11) is 0. The summed E-state index contributed by atoms with van der Waals surface area (Å²) < 4.78 is 0. The molecule has 2 aromatic rings. The van der Waals surface area contributed by atoms with E-state index in [1.165, 1.54) is 0 Å². The molecule has 0 saturated carbocycles. The number of H-pyrrole nitrogens is 2. The molecule has 0 amide bonds. The number of thioether (sulfide) groups is 3. The Hall–Kier alpha value is -1.06. The van der Waals surface area contributed by atoms with E-state index in [1.807, 2.05) is 23.5 Å². The molecule has 2 rings (SSSR count). The van der Waals surface area contributed by atoms with Gasteiger partial charge in [0.15, 0.2) is 5.17 Å². The molecule has 1 unspecified atom stereocenters. The lowest BCUT2D eigenvalue weighted by Gasteiger charge is -2.11. The first kappa shape index (κ1) is 21.2. The number of aromatic amines is 2. The standard InChI is InChI=1S/C17H28N6S3/c1-12(26-9-16-14(3)21-11-23-16)7-19-17(24-4)18-5-6-25-8-15-13(2)20-10-22-15/h10-12H,5-9H2,1-4H3,(H,18,19)(H,20,22)(H,21,23). The van der Waals surface area contributed by atoms with Crippen LogP contribution in [0, 0.1) is 13.8 Å². The quantitative estimate of drug-likeness (QED) is 0.314. The van der Waals surface area contributed by atoms with E-state index in [2.05, 4.69) is 52.3 Å². The highest BCUT2D eigenvalue weighted by Gasteiger charge is 2.07. The number of aliphatic imine (C=N–C) groups is 1. The van der Waals surface area contributed by atoms with Crippen LogP contribution in [0.1, 0.15) is 29.7 Å². The van der Waals surface area contributed by atoms with E-state index in [9.17, 15) is 0 Å². The Morgan fingerprint density at radius 2 is 1.81 bits per heavy atom. The van der Waals surface area contributed by atoms with Crippen molar-refractivity contribution in [1.29, 1.82) is 0 Å². The number of aryl methyl sites for hydroxylation is 2. The molecule has 0 saturated heterocycles. The molecule has 0 aliphatic heterocycles. The largest absolute Gasteiger partial charge is 0.364 e. The summed E-state index contributed by atoms with van der Waals surface area (Å²) in [6.07, 6.45) is 5.58. The Balaban J connectivity index is 1.62. The van der Waals surface area contributed by atoms with E-state index in [0.29, 0.717) is 5.25 Å². The van der Waals surface area contributed by atoms with Crippen LogP contribution >= 0.6 is 35.3 Å². The van der Waals surface area contributed by atoms with Crippen molar-refractivity contribution in [3.05, 3.63) is 35.4 Å².